The molecule has 0 aliphatic heterocycles. The number of anilines is 1. The van der Waals surface area contributed by atoms with E-state index in [0.29, 0.717) is 34.2 Å². The fourth-order valence-electron chi connectivity index (χ4n) is 4.03. The monoisotopic (exact) mass is 571 g/mol. The van der Waals surface area contributed by atoms with E-state index in [1.54, 1.807) is 55.5 Å². The van der Waals surface area contributed by atoms with Crippen molar-refractivity contribution in [1.29, 1.82) is 0 Å². The van der Waals surface area contributed by atoms with E-state index in [1.807, 2.05) is 44.2 Å². The summed E-state index contributed by atoms with van der Waals surface area (Å²) in [5.74, 6) is 0.305. The minimum atomic E-state index is -3.85. The van der Waals surface area contributed by atoms with E-state index in [4.69, 9.17) is 16.3 Å². The number of amides is 2. The van der Waals surface area contributed by atoms with Crippen LogP contribution >= 0.6 is 11.6 Å². The second-order valence-electron chi connectivity index (χ2n) is 9.38. The van der Waals surface area contributed by atoms with E-state index in [-0.39, 0.29) is 18.5 Å². The van der Waals surface area contributed by atoms with Crippen LogP contribution in [0.4, 0.5) is 5.69 Å². The minimum absolute atomic E-state index is 0.0456. The highest BCUT2D eigenvalue weighted by molar-refractivity contribution is 7.92. The van der Waals surface area contributed by atoms with E-state index in [0.717, 1.165) is 10.6 Å². The van der Waals surface area contributed by atoms with Crippen molar-refractivity contribution in [2.24, 2.45) is 0 Å². The molecule has 0 fully saturated rings. The van der Waals surface area contributed by atoms with Crippen molar-refractivity contribution in [3.8, 4) is 11.5 Å². The maximum atomic E-state index is 13.8. The molecule has 39 heavy (non-hydrogen) atoms. The molecule has 0 radical (unpaired) electrons. The summed E-state index contributed by atoms with van der Waals surface area (Å²) in [4.78, 5) is 28.2. The SMILES string of the molecule is CCC(C(=O)NC(C)C)N(Cc1ccccc1Cl)C(=O)CN(c1ccc(Oc2ccccc2)cc1)S(C)(=O)=O. The van der Waals surface area contributed by atoms with Crippen molar-refractivity contribution in [3.63, 3.8) is 0 Å². The first-order valence-electron chi connectivity index (χ1n) is 12.6. The summed E-state index contributed by atoms with van der Waals surface area (Å²) < 4.78 is 32.5. The van der Waals surface area contributed by atoms with E-state index in [2.05, 4.69) is 5.32 Å². The molecule has 1 atom stereocenters. The lowest BCUT2D eigenvalue weighted by atomic mass is 10.1. The number of carbonyl (C=O) groups excluding carboxylic acids is 2. The summed E-state index contributed by atoms with van der Waals surface area (Å²) in [5.41, 5.74) is 0.945. The highest BCUT2D eigenvalue weighted by Gasteiger charge is 2.32. The summed E-state index contributed by atoms with van der Waals surface area (Å²) in [6, 6.07) is 21.7. The van der Waals surface area contributed by atoms with Crippen LogP contribution in [0.3, 0.4) is 0 Å². The molecule has 0 aromatic heterocycles. The zero-order valence-corrected chi connectivity index (χ0v) is 24.1. The van der Waals surface area contributed by atoms with Gasteiger partial charge in [-0.1, -0.05) is 54.9 Å². The lowest BCUT2D eigenvalue weighted by Gasteiger charge is -2.33. The first-order valence-corrected chi connectivity index (χ1v) is 14.9. The van der Waals surface area contributed by atoms with Gasteiger partial charge in [0.1, 0.15) is 24.1 Å². The number of para-hydroxylation sites is 1. The summed E-state index contributed by atoms with van der Waals surface area (Å²) >= 11 is 6.38. The molecule has 0 spiro atoms. The predicted octanol–water partition coefficient (Wildman–Crippen LogP) is 5.23. The van der Waals surface area contributed by atoms with Crippen molar-refractivity contribution >= 4 is 39.1 Å². The number of ether oxygens (including phenoxy) is 1. The molecule has 0 bridgehead atoms. The van der Waals surface area contributed by atoms with Gasteiger partial charge < -0.3 is 15.0 Å². The average Bonchev–Trinajstić information content (AvgIpc) is 2.88. The number of hydrogen-bond donors (Lipinski definition) is 1. The molecule has 0 heterocycles. The largest absolute Gasteiger partial charge is 0.457 e. The maximum Gasteiger partial charge on any atom is 0.244 e. The van der Waals surface area contributed by atoms with Gasteiger partial charge >= 0.3 is 0 Å². The van der Waals surface area contributed by atoms with Crippen molar-refractivity contribution < 1.29 is 22.7 Å². The number of carbonyl (C=O) groups is 2. The minimum Gasteiger partial charge on any atom is -0.457 e. The normalized spacial score (nSPS) is 12.1. The smallest absolute Gasteiger partial charge is 0.244 e. The Hall–Kier alpha value is -3.56. The zero-order chi connectivity index (χ0) is 28.6. The molecule has 0 aliphatic carbocycles. The lowest BCUT2D eigenvalue weighted by molar-refractivity contribution is -0.140. The molecule has 3 rings (SSSR count). The highest BCUT2D eigenvalue weighted by atomic mass is 35.5. The summed E-state index contributed by atoms with van der Waals surface area (Å²) in [6.07, 6.45) is 1.37. The molecule has 0 saturated carbocycles. The van der Waals surface area contributed by atoms with Gasteiger partial charge in [-0.25, -0.2) is 8.42 Å². The third-order valence-corrected chi connectivity index (χ3v) is 7.41. The molecular weight excluding hydrogens is 538 g/mol. The van der Waals surface area contributed by atoms with Crippen molar-refractivity contribution in [1.82, 2.24) is 10.2 Å². The van der Waals surface area contributed by atoms with E-state index >= 15 is 0 Å². The number of nitrogens with one attached hydrogen (secondary N) is 1. The van der Waals surface area contributed by atoms with Crippen LogP contribution < -0.4 is 14.4 Å². The zero-order valence-electron chi connectivity index (χ0n) is 22.5. The molecule has 3 aromatic carbocycles. The number of nitrogens with zero attached hydrogens (tertiary/aromatic N) is 2. The number of rotatable bonds is 12. The fraction of sp³-hybridized carbons (Fsp3) is 0.310. The summed E-state index contributed by atoms with van der Waals surface area (Å²) in [5, 5.41) is 3.31. The quantitative estimate of drug-likeness (QED) is 0.321. The third-order valence-electron chi connectivity index (χ3n) is 5.90. The molecular formula is C29H34ClN3O5S. The van der Waals surface area contributed by atoms with Crippen LogP contribution in [0.1, 0.15) is 32.8 Å². The maximum absolute atomic E-state index is 13.8. The summed E-state index contributed by atoms with van der Waals surface area (Å²) in [7, 11) is -3.85. The second kappa shape index (κ2) is 13.5. The standard InChI is InChI=1S/C29H34ClN3O5S/c1-5-27(29(35)31-21(2)3)32(19-22-11-9-10-14-26(22)30)28(34)20-33(39(4,36)37)23-15-17-25(18-16-23)38-24-12-7-6-8-13-24/h6-18,21,27H,5,19-20H2,1-4H3,(H,31,35). The molecule has 8 nitrogen and oxygen atoms in total. The Morgan fingerprint density at radius 1 is 0.923 bits per heavy atom. The van der Waals surface area contributed by atoms with Gasteiger partial charge in [-0.3, -0.25) is 13.9 Å². The number of halogens is 1. The van der Waals surface area contributed by atoms with Crippen molar-refractivity contribution in [2.75, 3.05) is 17.1 Å². The molecule has 3 aromatic rings. The molecule has 1 unspecified atom stereocenters. The first kappa shape index (κ1) is 30.0. The first-order chi connectivity index (χ1) is 18.5. The van der Waals surface area contributed by atoms with Gasteiger partial charge in [0.05, 0.1) is 11.9 Å². The van der Waals surface area contributed by atoms with Crippen LogP contribution in [0, 0.1) is 0 Å². The number of benzene rings is 3. The Morgan fingerprint density at radius 2 is 1.51 bits per heavy atom. The van der Waals surface area contributed by atoms with Crippen LogP contribution in [0.5, 0.6) is 11.5 Å². The Kier molecular flexibility index (Phi) is 10.4. The third kappa shape index (κ3) is 8.46. The van der Waals surface area contributed by atoms with Crippen LogP contribution in [0.25, 0.3) is 0 Å². The van der Waals surface area contributed by atoms with Crippen LogP contribution in [-0.2, 0) is 26.2 Å². The van der Waals surface area contributed by atoms with Gasteiger partial charge in [-0.15, -0.1) is 0 Å². The van der Waals surface area contributed by atoms with Crippen LogP contribution in [-0.4, -0.2) is 50.0 Å². The van der Waals surface area contributed by atoms with Gasteiger partial charge in [0, 0.05) is 17.6 Å². The van der Waals surface area contributed by atoms with Gasteiger partial charge in [0.25, 0.3) is 0 Å². The van der Waals surface area contributed by atoms with Crippen LogP contribution in [0.2, 0.25) is 5.02 Å². The molecule has 0 aliphatic rings. The van der Waals surface area contributed by atoms with Crippen LogP contribution in [0.15, 0.2) is 78.9 Å². The van der Waals surface area contributed by atoms with Gasteiger partial charge in [0.15, 0.2) is 0 Å². The van der Waals surface area contributed by atoms with E-state index in [9.17, 15) is 18.0 Å². The fourth-order valence-corrected chi connectivity index (χ4v) is 5.07. The predicted molar refractivity (Wildman–Crippen MR) is 155 cm³/mol. The Balaban J connectivity index is 1.90. The summed E-state index contributed by atoms with van der Waals surface area (Å²) in [6.45, 7) is 5.03. The topological polar surface area (TPSA) is 96.0 Å². The second-order valence-corrected chi connectivity index (χ2v) is 11.7. The van der Waals surface area contributed by atoms with Gasteiger partial charge in [-0.2, -0.15) is 0 Å². The van der Waals surface area contributed by atoms with E-state index in [1.165, 1.54) is 4.90 Å². The van der Waals surface area contributed by atoms with Crippen molar-refractivity contribution in [2.45, 2.75) is 45.8 Å². The van der Waals surface area contributed by atoms with Crippen molar-refractivity contribution in [3.05, 3.63) is 89.4 Å². The Morgan fingerprint density at radius 3 is 2.08 bits per heavy atom. The number of sulfonamides is 1. The van der Waals surface area contributed by atoms with Gasteiger partial charge in [0.2, 0.25) is 21.8 Å². The molecule has 208 valence electrons. The molecule has 0 saturated heterocycles. The highest BCUT2D eigenvalue weighted by Crippen LogP contribution is 2.26. The Bertz CT molecular complexity index is 1370. The average molecular weight is 572 g/mol. The number of hydrogen-bond acceptors (Lipinski definition) is 5. The molecule has 10 heteroatoms. The Labute approximate surface area is 235 Å². The van der Waals surface area contributed by atoms with Gasteiger partial charge in [-0.05, 0) is 68.3 Å². The lowest BCUT2D eigenvalue weighted by Crippen LogP contribution is -2.53. The van der Waals surface area contributed by atoms with E-state index < -0.39 is 28.5 Å². The molecule has 1 N–H and O–H groups in total. The molecule has 2 amide bonds.